The summed E-state index contributed by atoms with van der Waals surface area (Å²) in [5.74, 6) is 0.274. The lowest BCUT2D eigenvalue weighted by molar-refractivity contribution is -0.186. The lowest BCUT2D eigenvalue weighted by Gasteiger charge is -2.37. The van der Waals surface area contributed by atoms with Crippen LogP contribution in [0.25, 0.3) is 0 Å². The van der Waals surface area contributed by atoms with Crippen molar-refractivity contribution in [3.8, 4) is 5.75 Å². The normalized spacial score (nSPS) is 22.5. The van der Waals surface area contributed by atoms with Gasteiger partial charge in [0, 0.05) is 42.9 Å². The van der Waals surface area contributed by atoms with Gasteiger partial charge in [0.25, 0.3) is 5.91 Å². The number of hydrazone groups is 1. The molecular formula is C25H28ClN3O4. The summed E-state index contributed by atoms with van der Waals surface area (Å²) < 4.78 is 17.2. The minimum Gasteiger partial charge on any atom is -0.496 e. The van der Waals surface area contributed by atoms with E-state index in [-0.39, 0.29) is 11.9 Å². The van der Waals surface area contributed by atoms with E-state index in [0.29, 0.717) is 31.2 Å². The van der Waals surface area contributed by atoms with Crippen molar-refractivity contribution >= 4 is 23.2 Å². The second-order valence-electron chi connectivity index (χ2n) is 8.64. The van der Waals surface area contributed by atoms with Crippen LogP contribution in [0.15, 0.2) is 53.6 Å². The first-order chi connectivity index (χ1) is 16.1. The van der Waals surface area contributed by atoms with Crippen LogP contribution < -0.4 is 4.74 Å². The lowest BCUT2D eigenvalue weighted by Crippen LogP contribution is -2.48. The monoisotopic (exact) mass is 469 g/mol. The SMILES string of the molecule is COc1ccccc1C1=NN(C(=O)CN2CCC3(CC2)OCCO3)C(c2ccc(Cl)cc2)C1. The number of halogens is 1. The number of carbonyl (C=O) groups is 1. The second kappa shape index (κ2) is 9.43. The van der Waals surface area contributed by atoms with E-state index in [9.17, 15) is 4.79 Å². The van der Waals surface area contributed by atoms with Crippen LogP contribution in [-0.4, -0.2) is 67.3 Å². The molecule has 33 heavy (non-hydrogen) atoms. The van der Waals surface area contributed by atoms with Crippen molar-refractivity contribution in [1.29, 1.82) is 0 Å². The molecule has 1 unspecified atom stereocenters. The Bertz CT molecular complexity index is 1030. The van der Waals surface area contributed by atoms with Gasteiger partial charge in [-0.15, -0.1) is 0 Å². The van der Waals surface area contributed by atoms with Crippen LogP contribution in [0.5, 0.6) is 5.75 Å². The molecule has 0 aliphatic carbocycles. The predicted molar refractivity (Wildman–Crippen MR) is 125 cm³/mol. The van der Waals surface area contributed by atoms with Gasteiger partial charge < -0.3 is 14.2 Å². The lowest BCUT2D eigenvalue weighted by atomic mass is 9.98. The number of piperidine rings is 1. The molecule has 0 bridgehead atoms. The molecule has 3 aliphatic heterocycles. The summed E-state index contributed by atoms with van der Waals surface area (Å²) in [7, 11) is 1.65. The molecule has 7 nitrogen and oxygen atoms in total. The van der Waals surface area contributed by atoms with Crippen molar-refractivity contribution in [2.45, 2.75) is 31.1 Å². The molecular weight excluding hydrogens is 442 g/mol. The number of benzene rings is 2. The number of nitrogens with zero attached hydrogens (tertiary/aromatic N) is 3. The smallest absolute Gasteiger partial charge is 0.257 e. The number of carbonyl (C=O) groups excluding carboxylic acids is 1. The molecule has 3 aliphatic rings. The summed E-state index contributed by atoms with van der Waals surface area (Å²) >= 11 is 6.11. The molecule has 174 valence electrons. The number of hydrogen-bond acceptors (Lipinski definition) is 6. The van der Waals surface area contributed by atoms with Gasteiger partial charge in [-0.25, -0.2) is 5.01 Å². The third-order valence-corrected chi connectivity index (χ3v) is 6.88. The molecule has 2 fully saturated rings. The zero-order valence-electron chi connectivity index (χ0n) is 18.7. The molecule has 0 N–H and O–H groups in total. The molecule has 3 heterocycles. The maximum absolute atomic E-state index is 13.5. The Hall–Kier alpha value is -2.45. The van der Waals surface area contributed by atoms with Crippen LogP contribution in [0.2, 0.25) is 5.02 Å². The van der Waals surface area contributed by atoms with Gasteiger partial charge in [-0.05, 0) is 29.8 Å². The molecule has 1 atom stereocenters. The molecule has 8 heteroatoms. The van der Waals surface area contributed by atoms with Crippen molar-refractivity contribution in [2.24, 2.45) is 5.10 Å². The fourth-order valence-electron chi connectivity index (χ4n) is 4.83. The summed E-state index contributed by atoms with van der Waals surface area (Å²) in [4.78, 5) is 15.6. The topological polar surface area (TPSA) is 63.6 Å². The van der Waals surface area contributed by atoms with E-state index >= 15 is 0 Å². The second-order valence-corrected chi connectivity index (χ2v) is 9.08. The third-order valence-electron chi connectivity index (χ3n) is 6.63. The number of rotatable bonds is 5. The van der Waals surface area contributed by atoms with Crippen LogP contribution in [0.1, 0.15) is 36.4 Å². The van der Waals surface area contributed by atoms with Gasteiger partial charge in [-0.3, -0.25) is 9.69 Å². The summed E-state index contributed by atoms with van der Waals surface area (Å²) in [6.07, 6.45) is 2.16. The van der Waals surface area contributed by atoms with Gasteiger partial charge in [0.1, 0.15) is 5.75 Å². The van der Waals surface area contributed by atoms with E-state index in [0.717, 1.165) is 48.5 Å². The van der Waals surface area contributed by atoms with E-state index < -0.39 is 5.79 Å². The van der Waals surface area contributed by atoms with Crippen LogP contribution >= 0.6 is 11.6 Å². The highest BCUT2D eigenvalue weighted by atomic mass is 35.5. The molecule has 0 saturated carbocycles. The molecule has 0 radical (unpaired) electrons. The molecule has 1 amide bonds. The number of amides is 1. The van der Waals surface area contributed by atoms with Crippen molar-refractivity contribution in [1.82, 2.24) is 9.91 Å². The Morgan fingerprint density at radius 3 is 2.52 bits per heavy atom. The first-order valence-corrected chi connectivity index (χ1v) is 11.7. The molecule has 5 rings (SSSR count). The van der Waals surface area contributed by atoms with Gasteiger partial charge >= 0.3 is 0 Å². The van der Waals surface area contributed by atoms with Crippen LogP contribution in [0.3, 0.4) is 0 Å². The largest absolute Gasteiger partial charge is 0.496 e. The minimum absolute atomic E-state index is 0.0240. The zero-order valence-corrected chi connectivity index (χ0v) is 19.5. The van der Waals surface area contributed by atoms with Crippen LogP contribution in [-0.2, 0) is 14.3 Å². The summed E-state index contributed by atoms with van der Waals surface area (Å²) in [6.45, 7) is 3.12. The van der Waals surface area contributed by atoms with E-state index in [1.165, 1.54) is 0 Å². The van der Waals surface area contributed by atoms with Crippen LogP contribution in [0, 0.1) is 0 Å². The third kappa shape index (κ3) is 4.64. The number of para-hydroxylation sites is 1. The molecule has 2 saturated heterocycles. The Labute approximate surface area is 198 Å². The van der Waals surface area contributed by atoms with Crippen molar-refractivity contribution in [3.63, 3.8) is 0 Å². The minimum atomic E-state index is -0.450. The van der Waals surface area contributed by atoms with Gasteiger partial charge in [0.15, 0.2) is 5.79 Å². The predicted octanol–water partition coefficient (Wildman–Crippen LogP) is 3.87. The highest BCUT2D eigenvalue weighted by molar-refractivity contribution is 6.30. The number of ether oxygens (including phenoxy) is 3. The molecule has 2 aromatic rings. The average molecular weight is 470 g/mol. The first-order valence-electron chi connectivity index (χ1n) is 11.4. The van der Waals surface area contributed by atoms with Crippen molar-refractivity contribution in [3.05, 3.63) is 64.7 Å². The van der Waals surface area contributed by atoms with E-state index in [2.05, 4.69) is 4.90 Å². The quantitative estimate of drug-likeness (QED) is 0.665. The Kier molecular flexibility index (Phi) is 6.38. The summed E-state index contributed by atoms with van der Waals surface area (Å²) in [6, 6.07) is 15.2. The van der Waals surface area contributed by atoms with Crippen molar-refractivity contribution in [2.75, 3.05) is 40.0 Å². The number of hydrogen-bond donors (Lipinski definition) is 0. The van der Waals surface area contributed by atoms with Crippen molar-refractivity contribution < 1.29 is 19.0 Å². The standard InChI is InChI=1S/C25H28ClN3O4/c1-31-23-5-3-2-4-20(23)21-16-22(18-6-8-19(26)9-7-18)29(27-21)24(30)17-28-12-10-25(11-13-28)32-14-15-33-25/h2-9,22H,10-17H2,1H3. The molecule has 0 aromatic heterocycles. The Morgan fingerprint density at radius 1 is 1.12 bits per heavy atom. The average Bonchev–Trinajstić information content (AvgIpc) is 3.49. The zero-order chi connectivity index (χ0) is 22.8. The highest BCUT2D eigenvalue weighted by Gasteiger charge is 2.41. The molecule has 1 spiro atoms. The fraction of sp³-hybridized carbons (Fsp3) is 0.440. The summed E-state index contributed by atoms with van der Waals surface area (Å²) in [5, 5.41) is 7.10. The van der Waals surface area contributed by atoms with Gasteiger partial charge in [-0.1, -0.05) is 35.9 Å². The number of methoxy groups -OCH3 is 1. The number of likely N-dealkylation sites (tertiary alicyclic amines) is 1. The Balaban J connectivity index is 1.36. The maximum atomic E-state index is 13.5. The van der Waals surface area contributed by atoms with Gasteiger partial charge in [-0.2, -0.15) is 5.10 Å². The Morgan fingerprint density at radius 2 is 1.82 bits per heavy atom. The fourth-order valence-corrected chi connectivity index (χ4v) is 4.96. The summed E-state index contributed by atoms with van der Waals surface area (Å²) in [5.41, 5.74) is 2.75. The molecule has 2 aromatic carbocycles. The van der Waals surface area contributed by atoms with E-state index in [4.69, 9.17) is 30.9 Å². The van der Waals surface area contributed by atoms with Gasteiger partial charge in [0.05, 0.1) is 38.6 Å². The first kappa shape index (κ1) is 22.3. The van der Waals surface area contributed by atoms with E-state index in [1.807, 2.05) is 48.5 Å². The van der Waals surface area contributed by atoms with E-state index in [1.54, 1.807) is 12.1 Å². The van der Waals surface area contributed by atoms with Gasteiger partial charge in [0.2, 0.25) is 0 Å². The highest BCUT2D eigenvalue weighted by Crippen LogP contribution is 2.36. The maximum Gasteiger partial charge on any atom is 0.257 e. The van der Waals surface area contributed by atoms with Crippen LogP contribution in [0.4, 0.5) is 0 Å².